The Morgan fingerprint density at radius 1 is 1.00 bits per heavy atom. The van der Waals surface area contributed by atoms with Gasteiger partial charge in [-0.25, -0.2) is 0 Å². The molecule has 0 saturated heterocycles. The summed E-state index contributed by atoms with van der Waals surface area (Å²) in [7, 11) is -0.490. The van der Waals surface area contributed by atoms with Gasteiger partial charge in [-0.2, -0.15) is 0 Å². The van der Waals surface area contributed by atoms with Gasteiger partial charge in [0.25, 0.3) is 7.82 Å². The second-order valence-electron chi connectivity index (χ2n) is 16.0. The van der Waals surface area contributed by atoms with Crippen molar-refractivity contribution in [3.63, 3.8) is 0 Å². The molecule has 4 aliphatic carbocycles. The Morgan fingerprint density at radius 2 is 1.74 bits per heavy atom. The van der Waals surface area contributed by atoms with E-state index in [4.69, 9.17) is 13.8 Å². The van der Waals surface area contributed by atoms with Crippen molar-refractivity contribution in [2.45, 2.75) is 125 Å². The van der Waals surface area contributed by atoms with Crippen molar-refractivity contribution in [3.05, 3.63) is 11.6 Å². The van der Waals surface area contributed by atoms with Crippen molar-refractivity contribution < 1.29 is 23.2 Å². The number of phosphoric acid groups is 1. The summed E-state index contributed by atoms with van der Waals surface area (Å²) in [6.07, 6.45) is 17.9. The van der Waals surface area contributed by atoms with E-state index >= 15 is 0 Å². The summed E-state index contributed by atoms with van der Waals surface area (Å²) in [5.74, 6) is 5.98. The van der Waals surface area contributed by atoms with E-state index in [9.17, 15) is 9.46 Å². The van der Waals surface area contributed by atoms with Crippen LogP contribution in [-0.4, -0.2) is 51.5 Å². The second-order valence-corrected chi connectivity index (χ2v) is 17.4. The molecule has 250 valence electrons. The average molecular weight is 623 g/mol. The number of rotatable bonds is 16. The van der Waals surface area contributed by atoms with Crippen LogP contribution in [0.4, 0.5) is 0 Å². The Balaban J connectivity index is 1.26. The van der Waals surface area contributed by atoms with Crippen LogP contribution in [0, 0.1) is 52.3 Å². The highest BCUT2D eigenvalue weighted by Gasteiger charge is 2.59. The van der Waals surface area contributed by atoms with Crippen molar-refractivity contribution in [1.82, 2.24) is 4.90 Å². The van der Waals surface area contributed by atoms with Gasteiger partial charge in [0, 0.05) is 13.2 Å². The molecule has 0 radical (unpaired) electrons. The maximum atomic E-state index is 11.9. The first-order chi connectivity index (χ1) is 20.3. The van der Waals surface area contributed by atoms with Gasteiger partial charge in [0.1, 0.15) is 0 Å². The molecule has 43 heavy (non-hydrogen) atoms. The minimum atomic E-state index is -4.24. The average Bonchev–Trinajstić information content (AvgIpc) is 3.30. The monoisotopic (exact) mass is 622 g/mol. The molecule has 5 unspecified atom stereocenters. The van der Waals surface area contributed by atoms with E-state index in [1.54, 1.807) is 5.57 Å². The topological polar surface area (TPSA) is 71.1 Å². The molecule has 4 rings (SSSR count). The predicted molar refractivity (Wildman–Crippen MR) is 175 cm³/mol. The van der Waals surface area contributed by atoms with Crippen LogP contribution in [0.5, 0.6) is 0 Å². The molecule has 3 fully saturated rings. The summed E-state index contributed by atoms with van der Waals surface area (Å²) < 4.78 is 28.1. The van der Waals surface area contributed by atoms with Crippen molar-refractivity contribution >= 4 is 7.82 Å². The van der Waals surface area contributed by atoms with Crippen LogP contribution in [0.25, 0.3) is 0 Å². The standard InChI is InChI=1S/C36H66NO5P/c1-9-28(26(2)3)12-11-27(4)32-15-16-33-31-14-13-29-25-30(17-19-35(29,5)34(31)18-20-36(32,33)6)40-22-10-23-41-43(38,39)42-24-21-37(7)8/h13,26-28,30-34H,9-12,14-25H2,1-8H3,(H,38,39)/p-1/t27-,28-,30?,31+,32?,33?,34?,35+,36-/m1/s1. The molecule has 0 aromatic rings. The van der Waals surface area contributed by atoms with E-state index in [1.807, 2.05) is 19.0 Å². The number of fused-ring (bicyclic) bond motifs is 5. The molecule has 0 N–H and O–H groups in total. The zero-order valence-corrected chi connectivity index (χ0v) is 29.8. The zero-order valence-electron chi connectivity index (χ0n) is 28.9. The third-order valence-corrected chi connectivity index (χ3v) is 14.0. The lowest BCUT2D eigenvalue weighted by Crippen LogP contribution is -2.51. The Labute approximate surface area is 264 Å². The molecule has 6 nitrogen and oxygen atoms in total. The van der Waals surface area contributed by atoms with Crippen molar-refractivity contribution in [2.24, 2.45) is 52.3 Å². The molecule has 7 heteroatoms. The van der Waals surface area contributed by atoms with Gasteiger partial charge >= 0.3 is 0 Å². The third-order valence-electron chi connectivity index (χ3n) is 13.0. The maximum Gasteiger partial charge on any atom is 0.267 e. The van der Waals surface area contributed by atoms with Crippen LogP contribution in [0.2, 0.25) is 0 Å². The van der Waals surface area contributed by atoms with Gasteiger partial charge in [-0.3, -0.25) is 4.57 Å². The number of hydrogen-bond donors (Lipinski definition) is 0. The number of phosphoric ester groups is 1. The summed E-state index contributed by atoms with van der Waals surface area (Å²) in [5, 5.41) is 0. The first-order valence-electron chi connectivity index (χ1n) is 17.9. The van der Waals surface area contributed by atoms with Crippen LogP contribution in [0.1, 0.15) is 119 Å². The van der Waals surface area contributed by atoms with Crippen molar-refractivity contribution in [3.8, 4) is 0 Å². The fourth-order valence-electron chi connectivity index (χ4n) is 10.3. The summed E-state index contributed by atoms with van der Waals surface area (Å²) in [5.41, 5.74) is 2.49. The van der Waals surface area contributed by atoms with Crippen LogP contribution in [0.15, 0.2) is 11.6 Å². The summed E-state index contributed by atoms with van der Waals surface area (Å²) in [6, 6.07) is 0. The number of ether oxygens (including phenoxy) is 1. The van der Waals surface area contributed by atoms with E-state index in [1.165, 1.54) is 57.8 Å². The van der Waals surface area contributed by atoms with Gasteiger partial charge < -0.3 is 23.6 Å². The van der Waals surface area contributed by atoms with E-state index in [0.29, 0.717) is 30.4 Å². The second kappa shape index (κ2) is 15.1. The van der Waals surface area contributed by atoms with E-state index in [2.05, 4.69) is 47.6 Å². The van der Waals surface area contributed by atoms with Gasteiger partial charge in [0.2, 0.25) is 0 Å². The SMILES string of the molecule is CC[C@H](CC[C@@H](C)C1CCC2[C@@H]3CC=C4CC(OCCCOP(=O)([O-])OCCN(C)C)CC[C@]4(C)C3CC[C@@]21C)C(C)C. The highest BCUT2D eigenvalue weighted by molar-refractivity contribution is 7.45. The van der Waals surface area contributed by atoms with Crippen LogP contribution < -0.4 is 4.89 Å². The van der Waals surface area contributed by atoms with E-state index < -0.39 is 7.82 Å². The smallest absolute Gasteiger partial charge is 0.267 e. The van der Waals surface area contributed by atoms with Crippen molar-refractivity contribution in [1.29, 1.82) is 0 Å². The molecule has 0 spiro atoms. The molecular weight excluding hydrogens is 557 g/mol. The molecule has 0 aromatic heterocycles. The summed E-state index contributed by atoms with van der Waals surface area (Å²) in [4.78, 5) is 13.8. The lowest BCUT2D eigenvalue weighted by Gasteiger charge is -2.58. The maximum absolute atomic E-state index is 11.9. The molecule has 4 aliphatic rings. The molecule has 0 amide bonds. The highest BCUT2D eigenvalue weighted by Crippen LogP contribution is 2.67. The van der Waals surface area contributed by atoms with Gasteiger partial charge in [0.15, 0.2) is 0 Å². The van der Waals surface area contributed by atoms with Crippen LogP contribution in [0.3, 0.4) is 0 Å². The number of nitrogens with zero attached hydrogens (tertiary/aromatic N) is 1. The van der Waals surface area contributed by atoms with Gasteiger partial charge in [-0.1, -0.05) is 66.0 Å². The lowest BCUT2D eigenvalue weighted by atomic mass is 9.47. The van der Waals surface area contributed by atoms with E-state index in [0.717, 1.165) is 54.3 Å². The Kier molecular flexibility index (Phi) is 12.5. The largest absolute Gasteiger partial charge is 0.756 e. The Bertz CT molecular complexity index is 969. The van der Waals surface area contributed by atoms with Crippen molar-refractivity contribution in [2.75, 3.05) is 40.5 Å². The van der Waals surface area contributed by atoms with Crippen LogP contribution >= 0.6 is 7.82 Å². The molecule has 0 aromatic carbocycles. The molecular formula is C36H65NO5P-. The normalized spacial score (nSPS) is 36.9. The number of allylic oxidation sites excluding steroid dienone is 1. The molecule has 3 saturated carbocycles. The van der Waals surface area contributed by atoms with E-state index in [-0.39, 0.29) is 19.3 Å². The fourth-order valence-corrected chi connectivity index (χ4v) is 11.0. The number of hydrogen-bond acceptors (Lipinski definition) is 6. The zero-order chi connectivity index (χ0) is 31.4. The van der Waals surface area contributed by atoms with Gasteiger partial charge in [-0.15, -0.1) is 0 Å². The lowest BCUT2D eigenvalue weighted by molar-refractivity contribution is -0.225. The highest BCUT2D eigenvalue weighted by atomic mass is 31.2. The molecule has 0 heterocycles. The number of likely N-dealkylation sites (N-methyl/N-ethyl adjacent to an activating group) is 1. The third kappa shape index (κ3) is 8.38. The van der Waals surface area contributed by atoms with Crippen LogP contribution in [-0.2, 0) is 18.3 Å². The molecule has 0 bridgehead atoms. The molecule has 0 aliphatic heterocycles. The first-order valence-corrected chi connectivity index (χ1v) is 19.3. The Hall–Kier alpha value is -0.230. The fraction of sp³-hybridized carbons (Fsp3) is 0.944. The van der Waals surface area contributed by atoms with Gasteiger partial charge in [0.05, 0.1) is 19.3 Å². The predicted octanol–water partition coefficient (Wildman–Crippen LogP) is 8.50. The first kappa shape index (κ1) is 35.6. The minimum Gasteiger partial charge on any atom is -0.756 e. The minimum absolute atomic E-state index is 0.107. The quantitative estimate of drug-likeness (QED) is 0.0977. The Morgan fingerprint density at radius 3 is 2.44 bits per heavy atom. The summed E-state index contributed by atoms with van der Waals surface area (Å²) >= 11 is 0. The van der Waals surface area contributed by atoms with Gasteiger partial charge in [-0.05, 0) is 131 Å². The summed E-state index contributed by atoms with van der Waals surface area (Å²) in [6.45, 7) is 16.3. The molecule has 10 atom stereocenters.